The van der Waals surface area contributed by atoms with Gasteiger partial charge in [0.05, 0.1) is 12.4 Å². The van der Waals surface area contributed by atoms with Crippen molar-refractivity contribution in [3.05, 3.63) is 37.3 Å². The van der Waals surface area contributed by atoms with Gasteiger partial charge in [0.2, 0.25) is 0 Å². The summed E-state index contributed by atoms with van der Waals surface area (Å²) < 4.78 is 4.77. The smallest absolute Gasteiger partial charge is 0.108 e. The Morgan fingerprint density at radius 3 is 1.89 bits per heavy atom. The van der Waals surface area contributed by atoms with E-state index in [4.69, 9.17) is 4.42 Å². The highest BCUT2D eigenvalue weighted by molar-refractivity contribution is 4.67. The fourth-order valence-corrected chi connectivity index (χ4v) is 0.362. The van der Waals surface area contributed by atoms with Crippen molar-refractivity contribution in [2.24, 2.45) is 0 Å². The molecule has 0 aliphatic carbocycles. The van der Waals surface area contributed by atoms with E-state index in [1.807, 2.05) is 0 Å². The summed E-state index contributed by atoms with van der Waals surface area (Å²) in [5, 5.41) is 0. The van der Waals surface area contributed by atoms with E-state index in [1.54, 1.807) is 24.8 Å². The van der Waals surface area contributed by atoms with E-state index in [0.717, 1.165) is 0 Å². The molecule has 0 aliphatic rings. The molecular weight excluding hydrogens is 116 g/mol. The van der Waals surface area contributed by atoms with Crippen molar-refractivity contribution in [1.29, 1.82) is 0 Å². The Labute approximate surface area is 52.7 Å². The lowest BCUT2D eigenvalue weighted by Gasteiger charge is -1.64. The van der Waals surface area contributed by atoms with Crippen LogP contribution in [0.3, 0.4) is 0 Å². The molecule has 0 radical (unpaired) electrons. The average Bonchev–Trinajstić information content (AvgIpc) is 2.00. The summed E-state index contributed by atoms with van der Waals surface area (Å²) in [6, 6.07) is 0. The highest BCUT2D eigenvalue weighted by atomic mass is 16.3. The Balaban J connectivity index is 3.04. The fourth-order valence-electron chi connectivity index (χ4n) is 0.362. The number of nitrogens with zero attached hydrogens (tertiary/aromatic N) is 2. The average molecular weight is 122 g/mol. The third-order valence-corrected chi connectivity index (χ3v) is 0.690. The second-order valence-electron chi connectivity index (χ2n) is 1.30. The minimum atomic E-state index is 1.47. The van der Waals surface area contributed by atoms with Crippen molar-refractivity contribution in [2.75, 3.05) is 0 Å². The molecule has 0 bridgehead atoms. The van der Waals surface area contributed by atoms with Crippen LogP contribution in [0.2, 0.25) is 0 Å². The van der Waals surface area contributed by atoms with E-state index >= 15 is 0 Å². The summed E-state index contributed by atoms with van der Waals surface area (Å²) in [5.74, 6) is 0. The number of rotatable bonds is 0. The van der Waals surface area contributed by atoms with Crippen LogP contribution in [0.4, 0.5) is 0 Å². The molecule has 0 amide bonds. The van der Waals surface area contributed by atoms with Crippen LogP contribution in [0.25, 0.3) is 0 Å². The zero-order valence-corrected chi connectivity index (χ0v) is 4.77. The molecule has 0 unspecified atom stereocenters. The maximum atomic E-state index is 4.77. The second kappa shape index (κ2) is 3.60. The van der Waals surface area contributed by atoms with Crippen LogP contribution >= 0.6 is 0 Å². The minimum Gasteiger partial charge on any atom is -0.469 e. The fraction of sp³-hybridized carbons (Fsp3) is 0. The highest BCUT2D eigenvalue weighted by Crippen LogP contribution is 1.72. The lowest BCUT2D eigenvalue weighted by atomic mass is 10.9. The number of aromatic nitrogens is 2. The molecule has 0 aromatic carbocycles. The van der Waals surface area contributed by atoms with Crippen LogP contribution in [0.1, 0.15) is 0 Å². The predicted octanol–water partition coefficient (Wildman–Crippen LogP) is 1.19. The van der Waals surface area contributed by atoms with Crippen molar-refractivity contribution in [2.45, 2.75) is 0 Å². The van der Waals surface area contributed by atoms with E-state index in [9.17, 15) is 0 Å². The predicted molar refractivity (Wildman–Crippen MR) is 31.9 cm³/mol. The van der Waals surface area contributed by atoms with Crippen molar-refractivity contribution in [3.8, 4) is 0 Å². The summed E-state index contributed by atoms with van der Waals surface area (Å²) in [4.78, 5) is 7.54. The standard InChI is InChI=1S/C6H6N2O/c1-2-8-4-6-9-5-3-7-1/h1-6H. The molecule has 0 fully saturated rings. The molecule has 3 nitrogen and oxygen atoms in total. The minimum absolute atomic E-state index is 1.47. The van der Waals surface area contributed by atoms with Crippen LogP contribution in [-0.2, 0) is 0 Å². The Bertz CT molecular complexity index is 133. The summed E-state index contributed by atoms with van der Waals surface area (Å²) >= 11 is 0. The van der Waals surface area contributed by atoms with Crippen LogP contribution in [0.5, 0.6) is 0 Å². The summed E-state index contributed by atoms with van der Waals surface area (Å²) in [5.41, 5.74) is 0. The largest absolute Gasteiger partial charge is 0.469 e. The maximum absolute atomic E-state index is 4.77. The monoisotopic (exact) mass is 122 g/mol. The molecule has 9 heavy (non-hydrogen) atoms. The first-order valence-corrected chi connectivity index (χ1v) is 2.50. The first-order valence-electron chi connectivity index (χ1n) is 2.50. The van der Waals surface area contributed by atoms with Gasteiger partial charge in [0, 0.05) is 12.4 Å². The zero-order valence-electron chi connectivity index (χ0n) is 4.77. The Hall–Kier alpha value is -1.38. The molecule has 0 spiro atoms. The van der Waals surface area contributed by atoms with Crippen LogP contribution in [0, 0.1) is 0 Å². The second-order valence-corrected chi connectivity index (χ2v) is 1.30. The molecule has 1 rings (SSSR count). The molecule has 0 N–H and O–H groups in total. The molecule has 0 aliphatic heterocycles. The van der Waals surface area contributed by atoms with Gasteiger partial charge in [-0.15, -0.1) is 0 Å². The molecule has 3 heteroatoms. The quantitative estimate of drug-likeness (QED) is 0.519. The molecule has 1 heterocycles. The van der Waals surface area contributed by atoms with Gasteiger partial charge in [-0.25, -0.2) is 0 Å². The van der Waals surface area contributed by atoms with Gasteiger partial charge < -0.3 is 4.42 Å². The summed E-state index contributed by atoms with van der Waals surface area (Å²) in [7, 11) is 0. The topological polar surface area (TPSA) is 38.9 Å². The highest BCUT2D eigenvalue weighted by Gasteiger charge is 1.59. The van der Waals surface area contributed by atoms with Gasteiger partial charge in [0.1, 0.15) is 12.5 Å². The van der Waals surface area contributed by atoms with Crippen LogP contribution in [-0.4, -0.2) is 9.97 Å². The number of hydrogen-bond acceptors (Lipinski definition) is 3. The summed E-state index contributed by atoms with van der Waals surface area (Å²) in [6.07, 6.45) is 9.19. The molecule has 0 saturated carbocycles. The Morgan fingerprint density at radius 2 is 1.33 bits per heavy atom. The molecule has 1 aromatic heterocycles. The lowest BCUT2D eigenvalue weighted by molar-refractivity contribution is 0.550. The maximum Gasteiger partial charge on any atom is 0.108 e. The van der Waals surface area contributed by atoms with E-state index in [-0.39, 0.29) is 0 Å². The van der Waals surface area contributed by atoms with Crippen LogP contribution < -0.4 is 0 Å². The normalized spacial score (nSPS) is 8.00. The van der Waals surface area contributed by atoms with Crippen molar-refractivity contribution in [1.82, 2.24) is 9.97 Å². The Kier molecular flexibility index (Phi) is 2.30. The van der Waals surface area contributed by atoms with Crippen molar-refractivity contribution < 1.29 is 4.42 Å². The molecule has 0 saturated heterocycles. The van der Waals surface area contributed by atoms with Gasteiger partial charge in [-0.2, -0.15) is 0 Å². The zero-order chi connectivity index (χ0) is 6.36. The van der Waals surface area contributed by atoms with Gasteiger partial charge in [0.15, 0.2) is 0 Å². The van der Waals surface area contributed by atoms with Crippen molar-refractivity contribution >= 4 is 0 Å². The first kappa shape index (κ1) is 5.75. The third-order valence-electron chi connectivity index (χ3n) is 0.690. The SMILES string of the molecule is c1cnccoccn1. The Morgan fingerprint density at radius 1 is 0.778 bits per heavy atom. The van der Waals surface area contributed by atoms with Crippen LogP contribution in [0.15, 0.2) is 41.7 Å². The molecule has 0 atom stereocenters. The van der Waals surface area contributed by atoms with Crippen molar-refractivity contribution in [3.63, 3.8) is 0 Å². The van der Waals surface area contributed by atoms with Gasteiger partial charge in [0.25, 0.3) is 0 Å². The molecule has 46 valence electrons. The van der Waals surface area contributed by atoms with Gasteiger partial charge >= 0.3 is 0 Å². The number of hydrogen-bond donors (Lipinski definition) is 0. The first-order chi connectivity index (χ1) is 4.50. The summed E-state index contributed by atoms with van der Waals surface area (Å²) in [6.45, 7) is 0. The third kappa shape index (κ3) is 2.43. The van der Waals surface area contributed by atoms with E-state index < -0.39 is 0 Å². The lowest BCUT2D eigenvalue weighted by Crippen LogP contribution is -1.56. The van der Waals surface area contributed by atoms with E-state index in [1.165, 1.54) is 12.5 Å². The van der Waals surface area contributed by atoms with E-state index in [0.29, 0.717) is 0 Å². The molecular formula is C6H6N2O. The molecule has 1 aromatic rings. The van der Waals surface area contributed by atoms with E-state index in [2.05, 4.69) is 9.97 Å². The van der Waals surface area contributed by atoms with Gasteiger partial charge in [-0.1, -0.05) is 0 Å². The van der Waals surface area contributed by atoms with Gasteiger partial charge in [-0.05, 0) is 0 Å². The van der Waals surface area contributed by atoms with Gasteiger partial charge in [-0.3, -0.25) is 9.97 Å².